The van der Waals surface area contributed by atoms with Crippen LogP contribution in [0.5, 0.6) is 5.75 Å². The lowest BCUT2D eigenvalue weighted by molar-refractivity contribution is 0.414. The van der Waals surface area contributed by atoms with E-state index in [0.29, 0.717) is 5.75 Å². The number of pyridine rings is 1. The number of nitriles is 2. The third-order valence-corrected chi connectivity index (χ3v) is 2.43. The Morgan fingerprint density at radius 3 is 2.94 bits per heavy atom. The quantitative estimate of drug-likeness (QED) is 0.821. The van der Waals surface area contributed by atoms with Gasteiger partial charge in [0.25, 0.3) is 0 Å². The number of aliphatic imine (C=N–C) groups is 1. The van der Waals surface area contributed by atoms with Crippen molar-refractivity contribution in [2.45, 2.75) is 6.54 Å². The number of hydrogen-bond donors (Lipinski definition) is 1. The molecule has 0 spiro atoms. The average molecular weight is 239 g/mol. The summed E-state index contributed by atoms with van der Waals surface area (Å²) >= 11 is 0. The van der Waals surface area contributed by atoms with Gasteiger partial charge in [-0.05, 0) is 6.07 Å². The van der Waals surface area contributed by atoms with Gasteiger partial charge < -0.3 is 9.72 Å². The number of ether oxygens (including phenoxy) is 1. The second kappa shape index (κ2) is 4.98. The Kier molecular flexibility index (Phi) is 3.22. The highest BCUT2D eigenvalue weighted by molar-refractivity contribution is 6.10. The molecule has 0 amide bonds. The van der Waals surface area contributed by atoms with Crippen molar-refractivity contribution >= 4 is 16.7 Å². The number of fused-ring (bicyclic) bond motifs is 1. The van der Waals surface area contributed by atoms with Gasteiger partial charge in [-0.3, -0.25) is 4.99 Å². The molecule has 0 aliphatic rings. The zero-order valence-electron chi connectivity index (χ0n) is 9.64. The van der Waals surface area contributed by atoms with Crippen LogP contribution in [-0.2, 0) is 6.54 Å². The van der Waals surface area contributed by atoms with Crippen LogP contribution in [0.3, 0.4) is 0 Å². The zero-order chi connectivity index (χ0) is 13.0. The highest BCUT2D eigenvalue weighted by Crippen LogP contribution is 2.27. The number of aromatic amines is 1. The van der Waals surface area contributed by atoms with Crippen molar-refractivity contribution in [1.82, 2.24) is 9.97 Å². The number of H-pyrrole nitrogens is 1. The monoisotopic (exact) mass is 239 g/mol. The average Bonchev–Trinajstić information content (AvgIpc) is 2.87. The molecule has 6 nitrogen and oxygen atoms in total. The largest absolute Gasteiger partial charge is 0.496 e. The van der Waals surface area contributed by atoms with Crippen LogP contribution < -0.4 is 4.74 Å². The van der Waals surface area contributed by atoms with E-state index < -0.39 is 0 Å². The lowest BCUT2D eigenvalue weighted by Gasteiger charge is -2.06. The van der Waals surface area contributed by atoms with Gasteiger partial charge in [-0.25, -0.2) is 4.98 Å². The van der Waals surface area contributed by atoms with Crippen LogP contribution in [0, 0.1) is 22.7 Å². The predicted molar refractivity (Wildman–Crippen MR) is 65.0 cm³/mol. The smallest absolute Gasteiger partial charge is 0.213 e. The van der Waals surface area contributed by atoms with Gasteiger partial charge in [0.05, 0.1) is 19.0 Å². The van der Waals surface area contributed by atoms with Crippen molar-refractivity contribution in [2.75, 3.05) is 7.11 Å². The minimum atomic E-state index is -0.161. The zero-order valence-corrected chi connectivity index (χ0v) is 9.64. The Morgan fingerprint density at radius 2 is 2.28 bits per heavy atom. The number of nitrogens with one attached hydrogen (secondary N) is 1. The van der Waals surface area contributed by atoms with Crippen LogP contribution in [0.15, 0.2) is 23.5 Å². The fourth-order valence-electron chi connectivity index (χ4n) is 1.64. The summed E-state index contributed by atoms with van der Waals surface area (Å²) in [5, 5.41) is 18.1. The lowest BCUT2D eigenvalue weighted by Crippen LogP contribution is -1.96. The fourth-order valence-corrected chi connectivity index (χ4v) is 1.64. The molecule has 0 aliphatic heterocycles. The lowest BCUT2D eigenvalue weighted by atomic mass is 10.2. The Balaban J connectivity index is 2.43. The topological polar surface area (TPSA) is 97.8 Å². The molecule has 88 valence electrons. The van der Waals surface area contributed by atoms with E-state index in [4.69, 9.17) is 15.3 Å². The first-order valence-electron chi connectivity index (χ1n) is 5.13. The second-order valence-corrected chi connectivity index (χ2v) is 3.45. The third kappa shape index (κ3) is 2.00. The second-order valence-electron chi connectivity index (χ2n) is 3.45. The standard InChI is InChI=1S/C12H9N5O/c1-18-11-8(6-16-9(4-13)5-14)7-17-12-10(11)2-3-15-12/h2-3,7H,6H2,1H3,(H,15,17). The number of aromatic nitrogens is 2. The van der Waals surface area contributed by atoms with Crippen molar-refractivity contribution < 1.29 is 4.74 Å². The molecule has 0 aliphatic carbocycles. The van der Waals surface area contributed by atoms with Crippen molar-refractivity contribution in [3.8, 4) is 17.9 Å². The summed E-state index contributed by atoms with van der Waals surface area (Å²) in [6.45, 7) is 0.188. The van der Waals surface area contributed by atoms with Crippen LogP contribution in [0.4, 0.5) is 0 Å². The molecule has 1 N–H and O–H groups in total. The van der Waals surface area contributed by atoms with Crippen LogP contribution in [0.25, 0.3) is 11.0 Å². The van der Waals surface area contributed by atoms with Crippen molar-refractivity contribution in [3.05, 3.63) is 24.0 Å². The van der Waals surface area contributed by atoms with Gasteiger partial charge in [-0.2, -0.15) is 10.5 Å². The molecule has 0 radical (unpaired) electrons. The maximum absolute atomic E-state index is 8.61. The number of rotatable bonds is 3. The normalized spacial score (nSPS) is 9.50. The molecule has 6 heteroatoms. The van der Waals surface area contributed by atoms with Crippen LogP contribution in [0.2, 0.25) is 0 Å². The summed E-state index contributed by atoms with van der Waals surface area (Å²) in [4.78, 5) is 11.1. The fraction of sp³-hybridized carbons (Fsp3) is 0.167. The number of nitrogens with zero attached hydrogens (tertiary/aromatic N) is 4. The van der Waals surface area contributed by atoms with Gasteiger partial charge in [0.15, 0.2) is 0 Å². The highest BCUT2D eigenvalue weighted by Gasteiger charge is 2.09. The van der Waals surface area contributed by atoms with Gasteiger partial charge in [0.1, 0.15) is 23.5 Å². The van der Waals surface area contributed by atoms with E-state index in [0.717, 1.165) is 16.6 Å². The van der Waals surface area contributed by atoms with Gasteiger partial charge in [-0.15, -0.1) is 0 Å². The van der Waals surface area contributed by atoms with Crippen molar-refractivity contribution in [3.63, 3.8) is 0 Å². The molecule has 2 aromatic heterocycles. The molecule has 0 unspecified atom stereocenters. The molecular formula is C12H9N5O. The molecule has 18 heavy (non-hydrogen) atoms. The molecule has 0 atom stereocenters. The molecule has 2 heterocycles. The third-order valence-electron chi connectivity index (χ3n) is 2.43. The Labute approximate surface area is 103 Å². The summed E-state index contributed by atoms with van der Waals surface area (Å²) in [6, 6.07) is 5.28. The molecule has 0 fully saturated rings. The van der Waals surface area contributed by atoms with Crippen LogP contribution >= 0.6 is 0 Å². The van der Waals surface area contributed by atoms with Crippen LogP contribution in [0.1, 0.15) is 5.56 Å². The molecule has 0 saturated carbocycles. The summed E-state index contributed by atoms with van der Waals surface area (Å²) < 4.78 is 5.32. The van der Waals surface area contributed by atoms with Gasteiger partial charge in [-0.1, -0.05) is 0 Å². The first-order chi connectivity index (χ1) is 8.80. The molecule has 2 aromatic rings. The maximum Gasteiger partial charge on any atom is 0.213 e. The Hall–Kier alpha value is -2.86. The molecule has 0 saturated heterocycles. The predicted octanol–water partition coefficient (Wildman–Crippen LogP) is 1.56. The first kappa shape index (κ1) is 11.6. The van der Waals surface area contributed by atoms with Gasteiger partial charge in [0, 0.05) is 18.0 Å². The van der Waals surface area contributed by atoms with E-state index in [1.54, 1.807) is 31.6 Å². The Bertz CT molecular complexity index is 671. The van der Waals surface area contributed by atoms with E-state index in [9.17, 15) is 0 Å². The van der Waals surface area contributed by atoms with E-state index in [1.807, 2.05) is 6.07 Å². The van der Waals surface area contributed by atoms with Crippen molar-refractivity contribution in [2.24, 2.45) is 4.99 Å². The maximum atomic E-state index is 8.61. The van der Waals surface area contributed by atoms with E-state index in [-0.39, 0.29) is 12.3 Å². The number of hydrogen-bond acceptors (Lipinski definition) is 5. The summed E-state index contributed by atoms with van der Waals surface area (Å²) in [5.74, 6) is 0.653. The minimum absolute atomic E-state index is 0.161. The first-order valence-corrected chi connectivity index (χ1v) is 5.13. The summed E-state index contributed by atoms with van der Waals surface area (Å²) in [6.07, 6.45) is 3.39. The summed E-state index contributed by atoms with van der Waals surface area (Å²) in [5.41, 5.74) is 1.29. The van der Waals surface area contributed by atoms with E-state index in [2.05, 4.69) is 15.0 Å². The van der Waals surface area contributed by atoms with E-state index in [1.165, 1.54) is 0 Å². The Morgan fingerprint density at radius 1 is 1.50 bits per heavy atom. The molecular weight excluding hydrogens is 230 g/mol. The molecule has 0 aromatic carbocycles. The van der Waals surface area contributed by atoms with E-state index >= 15 is 0 Å². The van der Waals surface area contributed by atoms with Crippen molar-refractivity contribution in [1.29, 1.82) is 10.5 Å². The highest BCUT2D eigenvalue weighted by atomic mass is 16.5. The SMILES string of the molecule is COc1c(CN=C(C#N)C#N)cnc2[nH]ccc12. The molecule has 0 bridgehead atoms. The number of methoxy groups -OCH3 is 1. The van der Waals surface area contributed by atoms with Gasteiger partial charge in [0.2, 0.25) is 5.71 Å². The summed E-state index contributed by atoms with van der Waals surface area (Å²) in [7, 11) is 1.56. The minimum Gasteiger partial charge on any atom is -0.496 e. The van der Waals surface area contributed by atoms with Crippen LogP contribution in [-0.4, -0.2) is 22.8 Å². The molecule has 2 rings (SSSR count). The van der Waals surface area contributed by atoms with Gasteiger partial charge >= 0.3 is 0 Å².